The van der Waals surface area contributed by atoms with Gasteiger partial charge >= 0.3 is 5.97 Å². The molecule has 3 rings (SSSR count). The summed E-state index contributed by atoms with van der Waals surface area (Å²) in [6.07, 6.45) is 4.76. The van der Waals surface area contributed by atoms with Gasteiger partial charge in [0, 0.05) is 36.6 Å². The molecule has 0 amide bonds. The van der Waals surface area contributed by atoms with Crippen LogP contribution in [0.3, 0.4) is 0 Å². The molecular formula is C15H20N4O2S. The van der Waals surface area contributed by atoms with Crippen molar-refractivity contribution in [2.45, 2.75) is 38.8 Å². The maximum Gasteiger partial charge on any atom is 0.325 e. The minimum atomic E-state index is -0.900. The third-order valence-electron chi connectivity index (χ3n) is 4.13. The van der Waals surface area contributed by atoms with E-state index in [4.69, 9.17) is 5.11 Å². The predicted octanol–water partition coefficient (Wildman–Crippen LogP) is 1.98. The maximum absolute atomic E-state index is 10.7. The number of carbonyl (C=O) groups is 1. The van der Waals surface area contributed by atoms with E-state index in [0.717, 1.165) is 38.0 Å². The highest BCUT2D eigenvalue weighted by Crippen LogP contribution is 2.34. The molecule has 0 spiro atoms. The van der Waals surface area contributed by atoms with Crippen LogP contribution in [0.4, 0.5) is 0 Å². The van der Waals surface area contributed by atoms with Crippen LogP contribution in [0.1, 0.15) is 35.5 Å². The summed E-state index contributed by atoms with van der Waals surface area (Å²) >= 11 is 1.86. The van der Waals surface area contributed by atoms with Crippen molar-refractivity contribution < 1.29 is 9.90 Å². The molecule has 0 fully saturated rings. The molecule has 0 bridgehead atoms. The number of hydrogen-bond acceptors (Lipinski definition) is 5. The van der Waals surface area contributed by atoms with Crippen LogP contribution in [0, 0.1) is 0 Å². The molecule has 1 unspecified atom stereocenters. The number of carboxylic acids is 1. The molecule has 1 atom stereocenters. The zero-order chi connectivity index (χ0) is 15.5. The van der Waals surface area contributed by atoms with E-state index in [1.807, 2.05) is 11.3 Å². The lowest BCUT2D eigenvalue weighted by Gasteiger charge is -2.35. The number of aliphatic carboxylic acids is 1. The molecule has 6 nitrogen and oxygen atoms in total. The molecular weight excluding hydrogens is 300 g/mol. The van der Waals surface area contributed by atoms with Crippen LogP contribution in [0.25, 0.3) is 0 Å². The largest absolute Gasteiger partial charge is 0.480 e. The van der Waals surface area contributed by atoms with Crippen molar-refractivity contribution in [1.29, 1.82) is 0 Å². The molecule has 22 heavy (non-hydrogen) atoms. The van der Waals surface area contributed by atoms with Crippen LogP contribution in [0.5, 0.6) is 0 Å². The van der Waals surface area contributed by atoms with Gasteiger partial charge in [-0.1, -0.05) is 12.1 Å². The lowest BCUT2D eigenvalue weighted by atomic mass is 9.97. The molecule has 1 N–H and O–H groups in total. The first-order valence-electron chi connectivity index (χ1n) is 7.58. The lowest BCUT2D eigenvalue weighted by molar-refractivity contribution is -0.137. The van der Waals surface area contributed by atoms with Gasteiger partial charge in [-0.05, 0) is 29.9 Å². The van der Waals surface area contributed by atoms with Crippen LogP contribution in [0.15, 0.2) is 17.6 Å². The fourth-order valence-corrected chi connectivity index (χ4v) is 4.05. The van der Waals surface area contributed by atoms with E-state index in [1.165, 1.54) is 15.1 Å². The quantitative estimate of drug-likeness (QED) is 0.881. The summed E-state index contributed by atoms with van der Waals surface area (Å²) in [6.45, 7) is 4.11. The normalized spacial score (nSPS) is 18.3. The topological polar surface area (TPSA) is 71.2 Å². The van der Waals surface area contributed by atoms with Crippen LogP contribution in [0.2, 0.25) is 0 Å². The molecule has 118 valence electrons. The SMILES string of the molecule is CCC1c2ccsc2CCN1CCc1cn(CC(=O)O)nn1. The first-order valence-corrected chi connectivity index (χ1v) is 8.46. The Labute approximate surface area is 133 Å². The molecule has 3 heterocycles. The van der Waals surface area contributed by atoms with E-state index in [2.05, 4.69) is 33.6 Å². The first-order chi connectivity index (χ1) is 10.7. The molecule has 2 aromatic heterocycles. The fraction of sp³-hybridized carbons (Fsp3) is 0.533. The summed E-state index contributed by atoms with van der Waals surface area (Å²) in [5, 5.41) is 18.9. The summed E-state index contributed by atoms with van der Waals surface area (Å²) in [4.78, 5) is 14.7. The van der Waals surface area contributed by atoms with Crippen molar-refractivity contribution in [2.75, 3.05) is 13.1 Å². The average molecular weight is 320 g/mol. The zero-order valence-corrected chi connectivity index (χ0v) is 13.4. The van der Waals surface area contributed by atoms with E-state index in [0.29, 0.717) is 6.04 Å². The van der Waals surface area contributed by atoms with E-state index >= 15 is 0 Å². The Hall–Kier alpha value is -1.73. The Balaban J connectivity index is 1.61. The molecule has 0 aromatic carbocycles. The Morgan fingerprint density at radius 1 is 1.55 bits per heavy atom. The molecule has 0 aliphatic carbocycles. The van der Waals surface area contributed by atoms with Gasteiger partial charge in [-0.2, -0.15) is 0 Å². The third kappa shape index (κ3) is 3.20. The van der Waals surface area contributed by atoms with Gasteiger partial charge in [0.1, 0.15) is 6.54 Å². The van der Waals surface area contributed by atoms with E-state index in [1.54, 1.807) is 6.20 Å². The molecule has 0 saturated heterocycles. The second-order valence-electron chi connectivity index (χ2n) is 5.56. The van der Waals surface area contributed by atoms with Gasteiger partial charge in [0.2, 0.25) is 0 Å². The molecule has 2 aromatic rings. The minimum absolute atomic E-state index is 0.132. The van der Waals surface area contributed by atoms with Gasteiger partial charge in [-0.3, -0.25) is 9.69 Å². The second-order valence-corrected chi connectivity index (χ2v) is 6.56. The van der Waals surface area contributed by atoms with Gasteiger partial charge in [0.25, 0.3) is 0 Å². The van der Waals surface area contributed by atoms with E-state index < -0.39 is 5.97 Å². The fourth-order valence-electron chi connectivity index (χ4n) is 3.12. The number of thiophene rings is 1. The van der Waals surface area contributed by atoms with Crippen molar-refractivity contribution in [3.8, 4) is 0 Å². The van der Waals surface area contributed by atoms with Crippen LogP contribution >= 0.6 is 11.3 Å². The van der Waals surface area contributed by atoms with Crippen LogP contribution in [-0.4, -0.2) is 44.1 Å². The number of rotatable bonds is 6. The van der Waals surface area contributed by atoms with E-state index in [9.17, 15) is 4.79 Å². The summed E-state index contributed by atoms with van der Waals surface area (Å²) in [6, 6.07) is 2.74. The van der Waals surface area contributed by atoms with Crippen molar-refractivity contribution in [3.63, 3.8) is 0 Å². The highest BCUT2D eigenvalue weighted by Gasteiger charge is 2.26. The highest BCUT2D eigenvalue weighted by atomic mass is 32.1. The van der Waals surface area contributed by atoms with Crippen LogP contribution in [-0.2, 0) is 24.2 Å². The molecule has 7 heteroatoms. The zero-order valence-electron chi connectivity index (χ0n) is 12.6. The van der Waals surface area contributed by atoms with Gasteiger partial charge in [-0.15, -0.1) is 16.4 Å². The van der Waals surface area contributed by atoms with Crippen molar-refractivity contribution >= 4 is 17.3 Å². The van der Waals surface area contributed by atoms with E-state index in [-0.39, 0.29) is 6.54 Å². The summed E-state index contributed by atoms with van der Waals surface area (Å²) in [5.74, 6) is -0.900. The van der Waals surface area contributed by atoms with Gasteiger partial charge < -0.3 is 5.11 Å². The summed E-state index contributed by atoms with van der Waals surface area (Å²) in [5.41, 5.74) is 2.33. The number of carboxylic acid groups (broad SMARTS) is 1. The minimum Gasteiger partial charge on any atom is -0.480 e. The molecule has 1 aliphatic heterocycles. The Morgan fingerprint density at radius 3 is 3.18 bits per heavy atom. The second kappa shape index (κ2) is 6.58. The average Bonchev–Trinajstić information content (AvgIpc) is 3.12. The standard InChI is InChI=1S/C15H20N4O2S/c1-2-13-12-5-8-22-14(12)4-7-18(13)6-3-11-9-19(17-16-11)10-15(20)21/h5,8-9,13H,2-4,6-7,10H2,1H3,(H,20,21). The number of nitrogens with zero attached hydrogens (tertiary/aromatic N) is 4. The van der Waals surface area contributed by atoms with Gasteiger partial charge in [-0.25, -0.2) is 4.68 Å². The number of fused-ring (bicyclic) bond motifs is 1. The monoisotopic (exact) mass is 320 g/mol. The Kier molecular flexibility index (Phi) is 4.54. The van der Waals surface area contributed by atoms with Crippen molar-refractivity contribution in [2.24, 2.45) is 0 Å². The number of hydrogen-bond donors (Lipinski definition) is 1. The lowest BCUT2D eigenvalue weighted by Crippen LogP contribution is -2.36. The van der Waals surface area contributed by atoms with Crippen LogP contribution < -0.4 is 0 Å². The summed E-state index contributed by atoms with van der Waals surface area (Å²) in [7, 11) is 0. The van der Waals surface area contributed by atoms with Crippen molar-refractivity contribution in [1.82, 2.24) is 19.9 Å². The Bertz CT molecular complexity index is 652. The molecule has 1 aliphatic rings. The first kappa shape index (κ1) is 15.2. The third-order valence-corrected chi connectivity index (χ3v) is 5.13. The maximum atomic E-state index is 10.7. The number of aromatic nitrogens is 3. The molecule has 0 radical (unpaired) electrons. The summed E-state index contributed by atoms with van der Waals surface area (Å²) < 4.78 is 1.38. The predicted molar refractivity (Wildman–Crippen MR) is 84.0 cm³/mol. The smallest absolute Gasteiger partial charge is 0.325 e. The molecule has 0 saturated carbocycles. The van der Waals surface area contributed by atoms with Crippen molar-refractivity contribution in [3.05, 3.63) is 33.8 Å². The van der Waals surface area contributed by atoms with Gasteiger partial charge in [0.05, 0.1) is 5.69 Å². The Morgan fingerprint density at radius 2 is 2.41 bits per heavy atom. The van der Waals surface area contributed by atoms with Gasteiger partial charge in [0.15, 0.2) is 0 Å². The highest BCUT2D eigenvalue weighted by molar-refractivity contribution is 7.10.